The summed E-state index contributed by atoms with van der Waals surface area (Å²) in [5.74, 6) is -9.13. The number of alkyl halides is 9. The first-order chi connectivity index (χ1) is 29.1. The van der Waals surface area contributed by atoms with Crippen molar-refractivity contribution in [3.63, 3.8) is 0 Å². The fourth-order valence-electron chi connectivity index (χ4n) is 4.45. The van der Waals surface area contributed by atoms with Crippen molar-refractivity contribution in [2.24, 2.45) is 0 Å². The van der Waals surface area contributed by atoms with Crippen molar-refractivity contribution in [1.29, 1.82) is 0 Å². The maximum Gasteiger partial charge on any atom is 3.00 e. The van der Waals surface area contributed by atoms with E-state index in [0.717, 1.165) is 67.2 Å². The first-order valence-electron chi connectivity index (χ1n) is 16.8. The summed E-state index contributed by atoms with van der Waals surface area (Å²) < 4.78 is 105. The van der Waals surface area contributed by atoms with Gasteiger partial charge in [0.1, 0.15) is 0 Å². The summed E-state index contributed by atoms with van der Waals surface area (Å²) in [5, 5.41) is 37.9. The van der Waals surface area contributed by atoms with E-state index < -0.39 is 53.2 Å². The molecule has 0 aliphatic heterocycles. The van der Waals surface area contributed by atoms with Gasteiger partial charge in [0.2, 0.25) is 0 Å². The Morgan fingerprint density at radius 2 is 0.857 bits per heavy atom. The molecule has 0 spiro atoms. The van der Waals surface area contributed by atoms with E-state index in [1.807, 2.05) is 30.3 Å². The zero-order valence-electron chi connectivity index (χ0n) is 31.1. The van der Waals surface area contributed by atoms with Crippen LogP contribution in [0.5, 0.6) is 0 Å². The van der Waals surface area contributed by atoms with Crippen molar-refractivity contribution in [3.05, 3.63) is 170 Å². The second-order valence-electron chi connectivity index (χ2n) is 11.7. The van der Waals surface area contributed by atoms with E-state index in [0.29, 0.717) is 0 Å². The van der Waals surface area contributed by atoms with Crippen molar-refractivity contribution < 1.29 is 119 Å². The molecule has 0 radical (unpaired) electrons. The summed E-state index contributed by atoms with van der Waals surface area (Å²) in [6.45, 7) is 0. The predicted octanol–water partition coefficient (Wildman–Crippen LogP) is 9.06. The smallest absolute Gasteiger partial charge is 0.869 e. The third kappa shape index (κ3) is 16.2. The van der Waals surface area contributed by atoms with Crippen LogP contribution in [0.15, 0.2) is 155 Å². The number of fused-ring (bicyclic) bond motifs is 3. The summed E-state index contributed by atoms with van der Waals surface area (Å²) in [5.41, 5.74) is 3.60. The third-order valence-electron chi connectivity index (χ3n) is 7.28. The van der Waals surface area contributed by atoms with Gasteiger partial charge >= 0.3 is 67.9 Å². The number of carbonyl (C=O) groups excluding carboxylic acids is 3. The molecule has 0 atom stereocenters. The van der Waals surface area contributed by atoms with Crippen molar-refractivity contribution in [2.45, 2.75) is 18.5 Å². The van der Waals surface area contributed by atoms with Gasteiger partial charge in [0.25, 0.3) is 0 Å². The Balaban J connectivity index is 0.000000226. The zero-order chi connectivity index (χ0) is 45.7. The number of hydrogen-bond acceptors (Lipinski definition) is 12. The Hall–Kier alpha value is -5.13. The number of hydrogen-bond donors (Lipinski definition) is 0. The van der Waals surface area contributed by atoms with Gasteiger partial charge in [0.05, 0.1) is 37.1 Å². The minimum atomic E-state index is -4.98. The van der Waals surface area contributed by atoms with Gasteiger partial charge in [-0.25, -0.2) is 4.98 Å². The van der Waals surface area contributed by atoms with Crippen LogP contribution in [0, 0.1) is 49.4 Å². The van der Waals surface area contributed by atoms with Crippen LogP contribution in [0.4, 0.5) is 39.5 Å². The molecule has 22 heteroatoms. The standard InChI is InChI=1S/C17H11N3.3C8H5F3O2S.Eu/c1-2-10-18-14(5-1)15-9-8-13-7-6-12-4-3-11-19-16(12)17(13)20-15;3*9-8(10,11)7(13)4-5(12)6-2-1-3-14-6;/h1-11H;3*1-4,13H;/q;;;;+3/p-3/b;3*7-4-;. The number of thiophene rings is 3. The first kappa shape index (κ1) is 52.2. The molecule has 0 saturated carbocycles. The number of ketones is 3. The average molecular weight is 1070 g/mol. The summed E-state index contributed by atoms with van der Waals surface area (Å²) in [6, 6.07) is 26.7. The molecule has 1 aromatic carbocycles. The summed E-state index contributed by atoms with van der Waals surface area (Å²) >= 11 is 2.95. The number of rotatable bonds is 7. The minimum Gasteiger partial charge on any atom is -0.869 e. The molecule has 0 unspecified atom stereocenters. The molecular weight excluding hydrogens is 1050 g/mol. The summed E-state index contributed by atoms with van der Waals surface area (Å²) in [7, 11) is 0. The molecule has 0 fully saturated rings. The average Bonchev–Trinajstić information content (AvgIpc) is 4.06. The number of pyridine rings is 3. The maximum atomic E-state index is 11.7. The molecule has 63 heavy (non-hydrogen) atoms. The summed E-state index contributed by atoms with van der Waals surface area (Å²) in [4.78, 5) is 46.9. The van der Waals surface area contributed by atoms with Gasteiger partial charge < -0.3 is 15.3 Å². The topological polar surface area (TPSA) is 159 Å². The van der Waals surface area contributed by atoms with Gasteiger partial charge in [-0.3, -0.25) is 24.4 Å². The van der Waals surface area contributed by atoms with Crippen molar-refractivity contribution in [2.75, 3.05) is 0 Å². The van der Waals surface area contributed by atoms with E-state index in [4.69, 9.17) is 4.98 Å². The SMILES string of the molecule is O=C(/C=C(\[O-])C(F)(F)F)c1cccs1.O=C(/C=C(\[O-])C(F)(F)F)c1cccs1.O=C(/C=C(\[O-])C(F)(F)F)c1cccs1.[Eu+3].c1ccc(-c2ccc3ccc4cccnc4c3n2)nc1. The van der Waals surface area contributed by atoms with Crippen molar-refractivity contribution in [3.8, 4) is 11.4 Å². The fourth-order valence-corrected chi connectivity index (χ4v) is 6.36. The van der Waals surface area contributed by atoms with Crippen LogP contribution in [-0.4, -0.2) is 50.8 Å². The number of nitrogens with zero attached hydrogens (tertiary/aromatic N) is 3. The number of halogens is 9. The number of carbonyl (C=O) groups is 3. The first-order valence-corrected chi connectivity index (χ1v) is 19.5. The monoisotopic (exact) mass is 1070 g/mol. The second kappa shape index (κ2) is 23.5. The fraction of sp³-hybridized carbons (Fsp3) is 0.0732. The largest absolute Gasteiger partial charge is 3.00 e. The van der Waals surface area contributed by atoms with Gasteiger partial charge in [0.15, 0.2) is 17.3 Å². The minimum absolute atomic E-state index is 0. The quantitative estimate of drug-likeness (QED) is 0.0499. The van der Waals surface area contributed by atoms with Gasteiger partial charge in [-0.1, -0.05) is 48.5 Å². The summed E-state index contributed by atoms with van der Waals surface area (Å²) in [6.07, 6.45) is -11.2. The third-order valence-corrected chi connectivity index (χ3v) is 9.93. The van der Waals surface area contributed by atoms with E-state index in [9.17, 15) is 69.2 Å². The molecular formula is C41H23EuF9N3O6S3. The van der Waals surface area contributed by atoms with Gasteiger partial charge in [-0.2, -0.15) is 39.5 Å². The van der Waals surface area contributed by atoms with Crippen LogP contribution in [0.25, 0.3) is 33.2 Å². The molecule has 0 bridgehead atoms. The van der Waals surface area contributed by atoms with Crippen LogP contribution in [0.1, 0.15) is 29.0 Å². The van der Waals surface area contributed by atoms with E-state index in [1.165, 1.54) is 36.4 Å². The predicted molar refractivity (Wildman–Crippen MR) is 209 cm³/mol. The maximum absolute atomic E-state index is 11.7. The van der Waals surface area contributed by atoms with E-state index >= 15 is 0 Å². The number of allylic oxidation sites excluding steroid dienone is 6. The Labute approximate surface area is 402 Å². The van der Waals surface area contributed by atoms with Crippen LogP contribution in [0.2, 0.25) is 0 Å². The van der Waals surface area contributed by atoms with Crippen LogP contribution in [-0.2, 0) is 0 Å². The molecule has 326 valence electrons. The molecule has 6 aromatic heterocycles. The number of aromatic nitrogens is 3. The van der Waals surface area contributed by atoms with Crippen LogP contribution >= 0.6 is 34.0 Å². The molecule has 9 nitrogen and oxygen atoms in total. The van der Waals surface area contributed by atoms with E-state index in [-0.39, 0.29) is 82.2 Å². The molecule has 6 heterocycles. The Kier molecular flexibility index (Phi) is 19.5. The van der Waals surface area contributed by atoms with Crippen molar-refractivity contribution in [1.82, 2.24) is 15.0 Å². The van der Waals surface area contributed by atoms with Gasteiger partial charge in [-0.05, 0) is 94.1 Å². The Morgan fingerprint density at radius 1 is 0.460 bits per heavy atom. The van der Waals surface area contributed by atoms with Gasteiger partial charge in [-0.15, -0.1) is 34.0 Å². The second-order valence-corrected chi connectivity index (χ2v) is 14.5. The molecule has 7 rings (SSSR count). The van der Waals surface area contributed by atoms with Gasteiger partial charge in [0, 0.05) is 23.2 Å². The Bertz CT molecular complexity index is 2510. The normalized spacial score (nSPS) is 12.1. The number of benzene rings is 1. The molecule has 0 amide bonds. The zero-order valence-corrected chi connectivity index (χ0v) is 35.9. The Morgan fingerprint density at radius 3 is 1.22 bits per heavy atom. The molecule has 0 aliphatic carbocycles. The molecule has 0 N–H and O–H groups in total. The van der Waals surface area contributed by atoms with Crippen LogP contribution < -0.4 is 15.3 Å². The molecule has 0 saturated heterocycles. The van der Waals surface area contributed by atoms with Crippen molar-refractivity contribution >= 4 is 73.2 Å². The van der Waals surface area contributed by atoms with Crippen LogP contribution in [0.3, 0.4) is 0 Å². The van der Waals surface area contributed by atoms with E-state index in [2.05, 4.69) is 34.2 Å². The molecule has 0 aliphatic rings. The van der Waals surface area contributed by atoms with E-state index in [1.54, 1.807) is 28.5 Å². The molecule has 7 aromatic rings.